The second kappa shape index (κ2) is 9.89. The van der Waals surface area contributed by atoms with Gasteiger partial charge in [-0.3, -0.25) is 0 Å². The van der Waals surface area contributed by atoms with Gasteiger partial charge in [-0.05, 0) is 56.3 Å². The van der Waals surface area contributed by atoms with E-state index in [2.05, 4.69) is 147 Å². The standard InChI is InChI=1S/C41H30N2/c1-41(2)35-20-12-11-19-33(35)38-34(25-31-17-9-10-18-32(31)39(38)41)27-21-23-30(24-22-27)40-42-36(28-13-5-3-6-14-28)26-37(43-40)29-15-7-4-8-16-29/h3-26H,1-2H3. The second-order valence-electron chi connectivity index (χ2n) is 11.8. The molecule has 0 fully saturated rings. The minimum Gasteiger partial charge on any atom is -0.228 e. The van der Waals surface area contributed by atoms with E-state index in [1.807, 2.05) is 12.1 Å². The molecular formula is C41H30N2. The summed E-state index contributed by atoms with van der Waals surface area (Å²) in [5.74, 6) is 0.724. The van der Waals surface area contributed by atoms with Gasteiger partial charge in [-0.25, -0.2) is 9.97 Å². The quantitative estimate of drug-likeness (QED) is 0.218. The molecule has 0 amide bonds. The van der Waals surface area contributed by atoms with Crippen LogP contribution in [0.25, 0.3) is 66.9 Å². The Labute approximate surface area is 252 Å². The van der Waals surface area contributed by atoms with Crippen LogP contribution >= 0.6 is 0 Å². The van der Waals surface area contributed by atoms with Crippen LogP contribution in [0.3, 0.4) is 0 Å². The molecular weight excluding hydrogens is 520 g/mol. The number of fused-ring (bicyclic) bond motifs is 5. The highest BCUT2D eigenvalue weighted by Crippen LogP contribution is 2.54. The maximum Gasteiger partial charge on any atom is 0.160 e. The highest BCUT2D eigenvalue weighted by molar-refractivity contribution is 6.04. The zero-order chi connectivity index (χ0) is 29.0. The number of hydrogen-bond donors (Lipinski definition) is 0. The van der Waals surface area contributed by atoms with Crippen molar-refractivity contribution in [3.63, 3.8) is 0 Å². The van der Waals surface area contributed by atoms with Crippen LogP contribution in [0.5, 0.6) is 0 Å². The van der Waals surface area contributed by atoms with Crippen LogP contribution in [0.15, 0.2) is 146 Å². The van der Waals surface area contributed by atoms with Gasteiger partial charge in [0.05, 0.1) is 11.4 Å². The molecule has 0 spiro atoms. The lowest BCUT2D eigenvalue weighted by Crippen LogP contribution is -2.15. The molecule has 43 heavy (non-hydrogen) atoms. The number of rotatable bonds is 4. The Balaban J connectivity index is 1.29. The topological polar surface area (TPSA) is 25.8 Å². The van der Waals surface area contributed by atoms with Gasteiger partial charge in [0.15, 0.2) is 5.82 Å². The van der Waals surface area contributed by atoms with Crippen LogP contribution in [0.1, 0.15) is 25.0 Å². The molecule has 1 aromatic heterocycles. The Hall–Kier alpha value is -5.34. The fraction of sp³-hybridized carbons (Fsp3) is 0.0732. The van der Waals surface area contributed by atoms with Crippen LogP contribution in [0, 0.1) is 0 Å². The number of aromatic nitrogens is 2. The monoisotopic (exact) mass is 550 g/mol. The van der Waals surface area contributed by atoms with Crippen molar-refractivity contribution in [2.45, 2.75) is 19.3 Å². The summed E-state index contributed by atoms with van der Waals surface area (Å²) in [7, 11) is 0. The summed E-state index contributed by atoms with van der Waals surface area (Å²) in [6, 6.07) is 51.6. The SMILES string of the molecule is CC1(C)c2ccccc2-c2c(-c3ccc(-c4nc(-c5ccccc5)cc(-c5ccccc5)n4)cc3)cc3ccccc3c21. The van der Waals surface area contributed by atoms with E-state index in [9.17, 15) is 0 Å². The maximum atomic E-state index is 5.04. The molecule has 1 aliphatic carbocycles. The highest BCUT2D eigenvalue weighted by atomic mass is 14.9. The van der Waals surface area contributed by atoms with Crippen LogP contribution in [-0.2, 0) is 5.41 Å². The Morgan fingerprint density at radius 3 is 1.70 bits per heavy atom. The molecule has 0 saturated carbocycles. The lowest BCUT2D eigenvalue weighted by Gasteiger charge is -2.24. The van der Waals surface area contributed by atoms with Crippen LogP contribution in [0.4, 0.5) is 0 Å². The first-order chi connectivity index (χ1) is 21.1. The summed E-state index contributed by atoms with van der Waals surface area (Å²) in [5, 5.41) is 2.60. The van der Waals surface area contributed by atoms with E-state index in [0.717, 1.165) is 33.9 Å². The Bertz CT molecular complexity index is 2070. The molecule has 0 atom stereocenters. The van der Waals surface area contributed by atoms with Gasteiger partial charge >= 0.3 is 0 Å². The zero-order valence-electron chi connectivity index (χ0n) is 24.3. The lowest BCUT2D eigenvalue weighted by molar-refractivity contribution is 0.666. The molecule has 2 nitrogen and oxygen atoms in total. The molecule has 0 aliphatic heterocycles. The predicted molar refractivity (Wildman–Crippen MR) is 179 cm³/mol. The number of nitrogens with zero attached hydrogens (tertiary/aromatic N) is 2. The van der Waals surface area contributed by atoms with Gasteiger partial charge in [0, 0.05) is 22.1 Å². The van der Waals surface area contributed by atoms with Gasteiger partial charge in [-0.2, -0.15) is 0 Å². The van der Waals surface area contributed by atoms with Crippen molar-refractivity contribution >= 4 is 10.8 Å². The summed E-state index contributed by atoms with van der Waals surface area (Å²) < 4.78 is 0. The van der Waals surface area contributed by atoms with E-state index < -0.39 is 0 Å². The first kappa shape index (κ1) is 25.4. The summed E-state index contributed by atoms with van der Waals surface area (Å²) in [5.41, 5.74) is 12.8. The Morgan fingerprint density at radius 1 is 0.465 bits per heavy atom. The largest absolute Gasteiger partial charge is 0.228 e. The molecule has 7 aromatic rings. The first-order valence-electron chi connectivity index (χ1n) is 14.8. The predicted octanol–water partition coefficient (Wildman–Crippen LogP) is 10.6. The molecule has 1 heterocycles. The van der Waals surface area contributed by atoms with Crippen molar-refractivity contribution in [1.82, 2.24) is 9.97 Å². The highest BCUT2D eigenvalue weighted by Gasteiger charge is 2.38. The molecule has 0 saturated heterocycles. The minimum atomic E-state index is -0.0823. The minimum absolute atomic E-state index is 0.0823. The van der Waals surface area contributed by atoms with Gasteiger partial charge in [0.2, 0.25) is 0 Å². The summed E-state index contributed by atoms with van der Waals surface area (Å²) in [6.07, 6.45) is 0. The second-order valence-corrected chi connectivity index (χ2v) is 11.8. The van der Waals surface area contributed by atoms with Crippen LogP contribution in [-0.4, -0.2) is 9.97 Å². The van der Waals surface area contributed by atoms with Gasteiger partial charge < -0.3 is 0 Å². The fourth-order valence-electron chi connectivity index (χ4n) is 6.77. The van der Waals surface area contributed by atoms with Crippen molar-refractivity contribution in [3.05, 3.63) is 157 Å². The van der Waals surface area contributed by atoms with Crippen molar-refractivity contribution in [3.8, 4) is 56.2 Å². The first-order valence-corrected chi connectivity index (χ1v) is 14.8. The third kappa shape index (κ3) is 4.18. The number of hydrogen-bond acceptors (Lipinski definition) is 2. The molecule has 6 aromatic carbocycles. The molecule has 8 rings (SSSR count). The van der Waals surface area contributed by atoms with E-state index >= 15 is 0 Å². The van der Waals surface area contributed by atoms with E-state index in [0.29, 0.717) is 0 Å². The van der Waals surface area contributed by atoms with E-state index in [4.69, 9.17) is 9.97 Å². The van der Waals surface area contributed by atoms with Crippen LogP contribution < -0.4 is 0 Å². The normalized spacial score (nSPS) is 13.1. The third-order valence-corrected chi connectivity index (χ3v) is 8.86. The maximum absolute atomic E-state index is 5.04. The fourth-order valence-corrected chi connectivity index (χ4v) is 6.77. The lowest BCUT2D eigenvalue weighted by atomic mass is 9.79. The Morgan fingerprint density at radius 2 is 1.02 bits per heavy atom. The van der Waals surface area contributed by atoms with Gasteiger partial charge in [0.1, 0.15) is 0 Å². The number of benzene rings is 6. The molecule has 204 valence electrons. The van der Waals surface area contributed by atoms with Crippen molar-refractivity contribution in [2.75, 3.05) is 0 Å². The van der Waals surface area contributed by atoms with Gasteiger partial charge in [-0.15, -0.1) is 0 Å². The van der Waals surface area contributed by atoms with E-state index in [1.54, 1.807) is 0 Å². The van der Waals surface area contributed by atoms with Gasteiger partial charge in [-0.1, -0.05) is 147 Å². The summed E-state index contributed by atoms with van der Waals surface area (Å²) in [4.78, 5) is 10.1. The van der Waals surface area contributed by atoms with Crippen molar-refractivity contribution in [1.29, 1.82) is 0 Å². The average molecular weight is 551 g/mol. The zero-order valence-corrected chi connectivity index (χ0v) is 24.3. The van der Waals surface area contributed by atoms with Crippen molar-refractivity contribution in [2.24, 2.45) is 0 Å². The van der Waals surface area contributed by atoms with E-state index in [1.165, 1.54) is 44.2 Å². The molecule has 2 heteroatoms. The summed E-state index contributed by atoms with van der Waals surface area (Å²) in [6.45, 7) is 4.72. The molecule has 0 bridgehead atoms. The van der Waals surface area contributed by atoms with Crippen LogP contribution in [0.2, 0.25) is 0 Å². The van der Waals surface area contributed by atoms with Gasteiger partial charge in [0.25, 0.3) is 0 Å². The molecule has 0 N–H and O–H groups in total. The molecule has 1 aliphatic rings. The van der Waals surface area contributed by atoms with Crippen molar-refractivity contribution < 1.29 is 0 Å². The van der Waals surface area contributed by atoms with E-state index in [-0.39, 0.29) is 5.41 Å². The Kier molecular flexibility index (Phi) is 5.84. The average Bonchev–Trinajstić information content (AvgIpc) is 3.32. The molecule has 0 radical (unpaired) electrons. The molecule has 0 unspecified atom stereocenters. The summed E-state index contributed by atoms with van der Waals surface area (Å²) >= 11 is 0. The third-order valence-electron chi connectivity index (χ3n) is 8.86. The smallest absolute Gasteiger partial charge is 0.160 e.